The first-order valence-corrected chi connectivity index (χ1v) is 8.63. The zero-order valence-corrected chi connectivity index (χ0v) is 15.3. The van der Waals surface area contributed by atoms with Gasteiger partial charge in [-0.05, 0) is 35.4 Å². The number of nitrogens with one attached hydrogen (secondary N) is 1. The van der Waals surface area contributed by atoms with E-state index in [1.54, 1.807) is 12.1 Å². The number of nitrogens with zero attached hydrogens (tertiary/aromatic N) is 1. The number of para-hydroxylation sites is 1. The fourth-order valence-corrected chi connectivity index (χ4v) is 2.58. The van der Waals surface area contributed by atoms with E-state index in [0.717, 1.165) is 11.1 Å². The van der Waals surface area contributed by atoms with Crippen molar-refractivity contribution in [3.8, 4) is 28.4 Å². The fraction of sp³-hybridized carbons (Fsp3) is 0.0909. The standard InChI is InChI=1S/C22H20N2O4/c1-27-21-13-16(11-12-19(21)25)14-23-24-22(26)15-28-20-10-6-5-9-18(20)17-7-3-2-4-8-17/h2-14,25H,15H2,1H3,(H,24,26). The molecule has 0 aliphatic rings. The SMILES string of the molecule is COc1cc(C=NNC(=O)COc2ccccc2-c2ccccc2)ccc1O. The van der Waals surface area contributed by atoms with Crippen molar-refractivity contribution in [3.05, 3.63) is 78.4 Å². The van der Waals surface area contributed by atoms with Crippen LogP contribution in [0.4, 0.5) is 0 Å². The molecule has 0 radical (unpaired) electrons. The van der Waals surface area contributed by atoms with Gasteiger partial charge < -0.3 is 14.6 Å². The normalized spacial score (nSPS) is 10.6. The van der Waals surface area contributed by atoms with E-state index in [9.17, 15) is 9.90 Å². The van der Waals surface area contributed by atoms with Crippen LogP contribution in [0.3, 0.4) is 0 Å². The summed E-state index contributed by atoms with van der Waals surface area (Å²) in [4.78, 5) is 12.0. The average molecular weight is 376 g/mol. The Morgan fingerprint density at radius 3 is 2.57 bits per heavy atom. The highest BCUT2D eigenvalue weighted by Gasteiger charge is 2.08. The molecule has 0 unspecified atom stereocenters. The largest absolute Gasteiger partial charge is 0.504 e. The van der Waals surface area contributed by atoms with Crippen molar-refractivity contribution in [1.82, 2.24) is 5.43 Å². The highest BCUT2D eigenvalue weighted by atomic mass is 16.5. The lowest BCUT2D eigenvalue weighted by molar-refractivity contribution is -0.123. The summed E-state index contributed by atoms with van der Waals surface area (Å²) in [6.45, 7) is -0.167. The summed E-state index contributed by atoms with van der Waals surface area (Å²) in [6.07, 6.45) is 1.46. The smallest absolute Gasteiger partial charge is 0.277 e. The van der Waals surface area contributed by atoms with Crippen LogP contribution in [0, 0.1) is 0 Å². The topological polar surface area (TPSA) is 80.2 Å². The molecule has 0 spiro atoms. The lowest BCUT2D eigenvalue weighted by Crippen LogP contribution is -2.24. The van der Waals surface area contributed by atoms with Gasteiger partial charge in [0.25, 0.3) is 5.91 Å². The van der Waals surface area contributed by atoms with E-state index < -0.39 is 0 Å². The summed E-state index contributed by atoms with van der Waals surface area (Å²) in [5, 5.41) is 13.5. The first-order chi connectivity index (χ1) is 13.7. The highest BCUT2D eigenvalue weighted by molar-refractivity contribution is 5.83. The lowest BCUT2D eigenvalue weighted by Gasteiger charge is -2.10. The van der Waals surface area contributed by atoms with Crippen molar-refractivity contribution in [1.29, 1.82) is 0 Å². The van der Waals surface area contributed by atoms with E-state index in [4.69, 9.17) is 9.47 Å². The third-order valence-corrected chi connectivity index (χ3v) is 3.94. The number of hydrogen-bond donors (Lipinski definition) is 2. The highest BCUT2D eigenvalue weighted by Crippen LogP contribution is 2.29. The van der Waals surface area contributed by atoms with Crippen LogP contribution in [0.15, 0.2) is 77.9 Å². The van der Waals surface area contributed by atoms with E-state index >= 15 is 0 Å². The first kappa shape index (κ1) is 19.0. The van der Waals surface area contributed by atoms with Gasteiger partial charge in [-0.25, -0.2) is 5.43 Å². The van der Waals surface area contributed by atoms with Crippen LogP contribution < -0.4 is 14.9 Å². The van der Waals surface area contributed by atoms with Gasteiger partial charge in [0.05, 0.1) is 13.3 Å². The number of benzene rings is 3. The fourth-order valence-electron chi connectivity index (χ4n) is 2.58. The second-order valence-corrected chi connectivity index (χ2v) is 5.88. The van der Waals surface area contributed by atoms with Crippen LogP contribution >= 0.6 is 0 Å². The number of phenols is 1. The molecule has 3 aromatic carbocycles. The molecule has 1 amide bonds. The van der Waals surface area contributed by atoms with Crippen LogP contribution in [0.5, 0.6) is 17.2 Å². The molecular formula is C22H20N2O4. The molecule has 0 heterocycles. The van der Waals surface area contributed by atoms with Gasteiger partial charge in [0.15, 0.2) is 18.1 Å². The Balaban J connectivity index is 1.58. The summed E-state index contributed by atoms with van der Waals surface area (Å²) >= 11 is 0. The van der Waals surface area contributed by atoms with Crippen molar-refractivity contribution in [2.75, 3.05) is 13.7 Å². The molecule has 0 atom stereocenters. The zero-order chi connectivity index (χ0) is 19.8. The number of ether oxygens (including phenoxy) is 2. The Kier molecular flexibility index (Phi) is 6.25. The molecular weight excluding hydrogens is 356 g/mol. The molecule has 142 valence electrons. The molecule has 0 saturated carbocycles. The van der Waals surface area contributed by atoms with Gasteiger partial charge in [0.1, 0.15) is 5.75 Å². The second kappa shape index (κ2) is 9.23. The number of carbonyl (C=O) groups excluding carboxylic acids is 1. The molecule has 6 heteroatoms. The third kappa shape index (κ3) is 4.88. The number of carbonyl (C=O) groups is 1. The van der Waals surface area contributed by atoms with Crippen molar-refractivity contribution in [2.24, 2.45) is 5.10 Å². The molecule has 28 heavy (non-hydrogen) atoms. The Labute approximate surface area is 163 Å². The maximum absolute atomic E-state index is 12.0. The lowest BCUT2D eigenvalue weighted by atomic mass is 10.1. The van der Waals surface area contributed by atoms with Crippen LogP contribution in [0.1, 0.15) is 5.56 Å². The molecule has 0 aliphatic carbocycles. The van der Waals surface area contributed by atoms with Crippen LogP contribution in [-0.2, 0) is 4.79 Å². The Bertz CT molecular complexity index is 971. The summed E-state index contributed by atoms with van der Waals surface area (Å²) < 4.78 is 10.7. The molecule has 6 nitrogen and oxygen atoms in total. The van der Waals surface area contributed by atoms with Gasteiger partial charge in [-0.2, -0.15) is 5.10 Å². The minimum atomic E-state index is -0.384. The van der Waals surface area contributed by atoms with Gasteiger partial charge in [-0.1, -0.05) is 48.5 Å². The molecule has 0 fully saturated rings. The molecule has 3 aromatic rings. The molecule has 2 N–H and O–H groups in total. The zero-order valence-electron chi connectivity index (χ0n) is 15.3. The van der Waals surface area contributed by atoms with E-state index in [2.05, 4.69) is 10.5 Å². The van der Waals surface area contributed by atoms with E-state index in [1.165, 1.54) is 19.4 Å². The van der Waals surface area contributed by atoms with Crippen LogP contribution in [0.25, 0.3) is 11.1 Å². The van der Waals surface area contributed by atoms with Gasteiger partial charge in [0, 0.05) is 5.56 Å². The van der Waals surface area contributed by atoms with Crippen LogP contribution in [-0.4, -0.2) is 30.9 Å². The predicted octanol–water partition coefficient (Wildman–Crippen LogP) is 3.60. The number of rotatable bonds is 7. The van der Waals surface area contributed by atoms with Crippen molar-refractivity contribution in [2.45, 2.75) is 0 Å². The van der Waals surface area contributed by atoms with Crippen LogP contribution in [0.2, 0.25) is 0 Å². The molecule has 0 aromatic heterocycles. The second-order valence-electron chi connectivity index (χ2n) is 5.88. The number of methoxy groups -OCH3 is 1. The number of aromatic hydroxyl groups is 1. The summed E-state index contributed by atoms with van der Waals surface area (Å²) in [6, 6.07) is 22.1. The molecule has 0 bridgehead atoms. The van der Waals surface area contributed by atoms with E-state index in [-0.39, 0.29) is 18.3 Å². The monoisotopic (exact) mass is 376 g/mol. The van der Waals surface area contributed by atoms with Crippen molar-refractivity contribution < 1.29 is 19.4 Å². The molecule has 0 aliphatic heterocycles. The summed E-state index contributed by atoms with van der Waals surface area (Å²) in [5.41, 5.74) is 5.01. The first-order valence-electron chi connectivity index (χ1n) is 8.63. The number of hydrogen-bond acceptors (Lipinski definition) is 5. The maximum Gasteiger partial charge on any atom is 0.277 e. The maximum atomic E-state index is 12.0. The Hall–Kier alpha value is -3.80. The summed E-state index contributed by atoms with van der Waals surface area (Å²) in [5.74, 6) is 0.603. The average Bonchev–Trinajstić information content (AvgIpc) is 2.74. The van der Waals surface area contributed by atoms with Gasteiger partial charge in [-0.3, -0.25) is 4.79 Å². The Morgan fingerprint density at radius 1 is 1.04 bits per heavy atom. The van der Waals surface area contributed by atoms with Gasteiger partial charge in [-0.15, -0.1) is 0 Å². The Morgan fingerprint density at radius 2 is 1.79 bits per heavy atom. The number of hydrazone groups is 1. The quantitative estimate of drug-likeness (QED) is 0.488. The molecule has 0 saturated heterocycles. The number of phenolic OH excluding ortho intramolecular Hbond substituents is 1. The third-order valence-electron chi connectivity index (χ3n) is 3.94. The van der Waals surface area contributed by atoms with Crippen molar-refractivity contribution >= 4 is 12.1 Å². The molecule has 3 rings (SSSR count). The van der Waals surface area contributed by atoms with E-state index in [0.29, 0.717) is 17.1 Å². The van der Waals surface area contributed by atoms with Crippen molar-refractivity contribution in [3.63, 3.8) is 0 Å². The minimum Gasteiger partial charge on any atom is -0.504 e. The summed E-state index contributed by atoms with van der Waals surface area (Å²) in [7, 11) is 1.46. The van der Waals surface area contributed by atoms with Gasteiger partial charge in [0.2, 0.25) is 0 Å². The number of amides is 1. The van der Waals surface area contributed by atoms with E-state index in [1.807, 2.05) is 54.6 Å². The minimum absolute atomic E-state index is 0.0363. The predicted molar refractivity (Wildman–Crippen MR) is 108 cm³/mol. The van der Waals surface area contributed by atoms with Gasteiger partial charge >= 0.3 is 0 Å².